The highest BCUT2D eigenvalue weighted by molar-refractivity contribution is 7.90. The highest BCUT2D eigenvalue weighted by Gasteiger charge is 2.36. The Labute approximate surface area is 284 Å². The Morgan fingerprint density at radius 2 is 1.58 bits per heavy atom. The first-order valence-electron chi connectivity index (χ1n) is 14.9. The van der Waals surface area contributed by atoms with Gasteiger partial charge < -0.3 is 9.94 Å². The van der Waals surface area contributed by atoms with Gasteiger partial charge in [-0.15, -0.1) is 0 Å². The second-order valence-electron chi connectivity index (χ2n) is 11.3. The summed E-state index contributed by atoms with van der Waals surface area (Å²) in [6.45, 7) is 3.62. The molecule has 18 heteroatoms. The highest BCUT2D eigenvalue weighted by atomic mass is 32.2. The molecule has 1 N–H and O–H groups in total. The average molecular weight is 716 g/mol. The van der Waals surface area contributed by atoms with Gasteiger partial charge in [0.05, 0.1) is 27.4 Å². The monoisotopic (exact) mass is 715 g/mol. The van der Waals surface area contributed by atoms with Crippen LogP contribution in [0.5, 0.6) is 0 Å². The first kappa shape index (κ1) is 36.1. The predicted octanol–water partition coefficient (Wildman–Crippen LogP) is 4.89. The summed E-state index contributed by atoms with van der Waals surface area (Å²) < 4.78 is 74.1. The van der Waals surface area contributed by atoms with E-state index in [1.54, 1.807) is 55.0 Å². The Bertz CT molecular complexity index is 1970. The number of hydrogen-bond acceptors (Lipinski definition) is 11. The zero-order valence-electron chi connectivity index (χ0n) is 26.7. The fourth-order valence-corrected chi connectivity index (χ4v) is 5.80. The number of aryl methyl sites for hydroxylation is 1. The zero-order valence-corrected chi connectivity index (χ0v) is 27.6. The van der Waals surface area contributed by atoms with Crippen LogP contribution in [0.2, 0.25) is 0 Å². The molecule has 264 valence electrons. The molecule has 50 heavy (non-hydrogen) atoms. The molecule has 0 spiro atoms. The lowest BCUT2D eigenvalue weighted by atomic mass is 10.1. The number of hydrazine groups is 1. The molecule has 4 aromatic rings. The summed E-state index contributed by atoms with van der Waals surface area (Å²) in [7, 11) is -4.49. The van der Waals surface area contributed by atoms with Gasteiger partial charge >= 0.3 is 12.3 Å². The van der Waals surface area contributed by atoms with Gasteiger partial charge in [0.15, 0.2) is 12.4 Å². The van der Waals surface area contributed by atoms with E-state index in [4.69, 9.17) is 9.57 Å². The van der Waals surface area contributed by atoms with E-state index in [0.29, 0.717) is 5.56 Å². The molecular formula is C32H30F3N6O8S-. The number of aromatic nitrogens is 2. The number of benzene rings is 3. The maximum Gasteiger partial charge on any atom is 0.435 e. The number of imide groups is 1. The van der Waals surface area contributed by atoms with Gasteiger partial charge in [-0.25, -0.2) is 32.5 Å². The van der Waals surface area contributed by atoms with Crippen molar-refractivity contribution in [3.8, 4) is 16.9 Å². The van der Waals surface area contributed by atoms with Crippen molar-refractivity contribution in [3.63, 3.8) is 0 Å². The van der Waals surface area contributed by atoms with Gasteiger partial charge in [0.25, 0.3) is 21.8 Å². The lowest BCUT2D eigenvalue weighted by Crippen LogP contribution is -2.47. The number of fused-ring (bicyclic) bond motifs is 1. The van der Waals surface area contributed by atoms with Crippen LogP contribution in [-0.4, -0.2) is 77.3 Å². The fourth-order valence-electron chi connectivity index (χ4n) is 4.91. The molecule has 1 aromatic heterocycles. The molecule has 0 unspecified atom stereocenters. The Morgan fingerprint density at radius 1 is 0.980 bits per heavy atom. The number of alkyl halides is 3. The lowest BCUT2D eigenvalue weighted by Gasteiger charge is -2.41. The quantitative estimate of drug-likeness (QED) is 0.157. The molecule has 0 fully saturated rings. The molecule has 0 bridgehead atoms. The average Bonchev–Trinajstić information content (AvgIpc) is 3.62. The standard InChI is InChI=1S/C32H30F3N6O8S/c1-20(2)39(41(45)49-19-38-29(42)25-6-4-5-7-26(25)30(38)43)16-17-48-31(44)37-50(46,47)24-14-12-23(13-15-24)40-27(18-28(36-40)32(33,34)35)22-10-8-21(3)9-11-22/h4-15,18,20H,16-17,19H2,1-3H3,(H,37,44)/q-1. The predicted molar refractivity (Wildman–Crippen MR) is 170 cm³/mol. The third-order valence-corrected chi connectivity index (χ3v) is 8.82. The molecule has 0 atom stereocenters. The van der Waals surface area contributed by atoms with Crippen LogP contribution in [0.3, 0.4) is 0 Å². The van der Waals surface area contributed by atoms with Crippen LogP contribution in [0, 0.1) is 12.1 Å². The number of sulfonamides is 1. The summed E-state index contributed by atoms with van der Waals surface area (Å²) in [5.41, 5.74) is 0.801. The molecule has 3 amide bonds. The molecule has 2 heterocycles. The number of carbonyl (C=O) groups excluding carboxylic acids is 3. The summed E-state index contributed by atoms with van der Waals surface area (Å²) in [5.74, 6) is -1.26. The number of halogens is 3. The maximum absolute atomic E-state index is 13.5. The first-order chi connectivity index (χ1) is 23.6. The largest absolute Gasteiger partial charge is 0.748 e. The number of nitrogens with one attached hydrogen (secondary N) is 1. The van der Waals surface area contributed by atoms with Crippen molar-refractivity contribution in [2.45, 2.75) is 37.9 Å². The minimum absolute atomic E-state index is 0.0370. The van der Waals surface area contributed by atoms with Gasteiger partial charge in [0, 0.05) is 18.2 Å². The van der Waals surface area contributed by atoms with Gasteiger partial charge in [0.2, 0.25) is 0 Å². The molecule has 5 rings (SSSR count). The van der Waals surface area contributed by atoms with Crippen LogP contribution < -0.4 is 4.72 Å². The highest BCUT2D eigenvalue weighted by Crippen LogP contribution is 2.33. The van der Waals surface area contributed by atoms with E-state index >= 15 is 0 Å². The van der Waals surface area contributed by atoms with Crippen molar-refractivity contribution in [2.24, 2.45) is 0 Å². The minimum atomic E-state index is -4.73. The van der Waals surface area contributed by atoms with Crippen LogP contribution in [0.15, 0.2) is 83.8 Å². The molecule has 14 nitrogen and oxygen atoms in total. The maximum atomic E-state index is 13.5. The van der Waals surface area contributed by atoms with Crippen molar-refractivity contribution in [1.29, 1.82) is 0 Å². The van der Waals surface area contributed by atoms with Crippen molar-refractivity contribution >= 4 is 27.9 Å². The zero-order chi connectivity index (χ0) is 36.4. The topological polar surface area (TPSA) is 166 Å². The van der Waals surface area contributed by atoms with Crippen LogP contribution in [0.4, 0.5) is 18.0 Å². The molecular weight excluding hydrogens is 685 g/mol. The van der Waals surface area contributed by atoms with Gasteiger partial charge in [-0.1, -0.05) is 42.0 Å². The second-order valence-corrected chi connectivity index (χ2v) is 12.9. The summed E-state index contributed by atoms with van der Waals surface area (Å²) in [5, 5.41) is 17.5. The first-order valence-corrected chi connectivity index (χ1v) is 16.4. The molecule has 1 aliphatic heterocycles. The number of rotatable bonds is 12. The van der Waals surface area contributed by atoms with Crippen LogP contribution >= 0.6 is 0 Å². The number of ether oxygens (including phenoxy) is 1. The summed E-state index contributed by atoms with van der Waals surface area (Å²) in [4.78, 5) is 42.9. The molecule has 0 aliphatic carbocycles. The normalized spacial score (nSPS) is 13.4. The van der Waals surface area contributed by atoms with E-state index in [2.05, 4.69) is 5.10 Å². The van der Waals surface area contributed by atoms with Crippen molar-refractivity contribution < 1.29 is 45.5 Å². The SMILES string of the molecule is Cc1ccc(-c2cc(C(F)(F)F)nn2-c2ccc(S(=O)(=O)NC(=O)OCCN(C(C)C)N([O-])OCN3C(=O)c4ccccc4C3=O)cc2)cc1. The number of hydrogen-bond donors (Lipinski definition) is 1. The number of carbonyl (C=O) groups is 3. The Kier molecular flexibility index (Phi) is 10.4. The fraction of sp³-hybridized carbons (Fsp3) is 0.250. The van der Waals surface area contributed by atoms with Gasteiger partial charge in [-0.05, 0) is 63.2 Å². The Balaban J connectivity index is 1.18. The minimum Gasteiger partial charge on any atom is -0.748 e. The summed E-state index contributed by atoms with van der Waals surface area (Å²) in [6.07, 6.45) is -6.10. The third-order valence-electron chi connectivity index (χ3n) is 7.49. The van der Waals surface area contributed by atoms with E-state index in [-0.39, 0.29) is 34.4 Å². The molecule has 0 saturated carbocycles. The Morgan fingerprint density at radius 3 is 2.14 bits per heavy atom. The van der Waals surface area contributed by atoms with Crippen molar-refractivity contribution in [1.82, 2.24) is 29.7 Å². The molecule has 0 radical (unpaired) electrons. The van der Waals surface area contributed by atoms with E-state index in [9.17, 15) is 41.2 Å². The third kappa shape index (κ3) is 7.84. The van der Waals surface area contributed by atoms with E-state index in [1.807, 2.05) is 6.92 Å². The molecule has 1 aliphatic rings. The van der Waals surface area contributed by atoms with Crippen LogP contribution in [0.25, 0.3) is 16.9 Å². The van der Waals surface area contributed by atoms with E-state index in [0.717, 1.165) is 38.4 Å². The number of amides is 3. The van der Waals surface area contributed by atoms with Gasteiger partial charge in [-0.2, -0.15) is 23.6 Å². The smallest absolute Gasteiger partial charge is 0.435 e. The van der Waals surface area contributed by atoms with Gasteiger partial charge in [0.1, 0.15) is 6.61 Å². The summed E-state index contributed by atoms with van der Waals surface area (Å²) >= 11 is 0. The van der Waals surface area contributed by atoms with Crippen molar-refractivity contribution in [2.75, 3.05) is 19.9 Å². The van der Waals surface area contributed by atoms with E-state index in [1.165, 1.54) is 24.3 Å². The van der Waals surface area contributed by atoms with E-state index < -0.39 is 64.1 Å². The number of nitrogens with zero attached hydrogens (tertiary/aromatic N) is 5. The molecule has 0 saturated heterocycles. The van der Waals surface area contributed by atoms with Crippen LogP contribution in [0.1, 0.15) is 45.8 Å². The van der Waals surface area contributed by atoms with Crippen LogP contribution in [-0.2, 0) is 25.8 Å². The summed E-state index contributed by atoms with van der Waals surface area (Å²) in [6, 6.07) is 17.9. The second kappa shape index (κ2) is 14.4. The Hall–Kier alpha value is -5.14. The lowest BCUT2D eigenvalue weighted by molar-refractivity contribution is -0.273. The molecule has 3 aromatic carbocycles. The van der Waals surface area contributed by atoms with Gasteiger partial charge in [-0.3, -0.25) is 14.4 Å². The van der Waals surface area contributed by atoms with Crippen molar-refractivity contribution in [3.05, 3.63) is 106 Å².